The van der Waals surface area contributed by atoms with E-state index in [0.29, 0.717) is 6.42 Å². The first kappa shape index (κ1) is 65.3. The minimum Gasteiger partial charge on any atom is -0.394 e. The highest BCUT2D eigenvalue weighted by Crippen LogP contribution is 2.18. The molecule has 0 aliphatic carbocycles. The Morgan fingerprint density at radius 3 is 0.910 bits per heavy atom. The number of amides is 1. The van der Waals surface area contributed by atoms with Crippen molar-refractivity contribution >= 4 is 5.91 Å². The van der Waals surface area contributed by atoms with E-state index >= 15 is 0 Å². The van der Waals surface area contributed by atoms with Crippen LogP contribution in [0.15, 0.2) is 48.6 Å². The molecule has 0 aliphatic rings. The molecule has 0 saturated carbocycles. The fraction of sp³-hybridized carbons (Fsp3) is 0.857. The first-order chi connectivity index (χ1) is 33.2. The van der Waals surface area contributed by atoms with Crippen molar-refractivity contribution < 1.29 is 15.0 Å². The van der Waals surface area contributed by atoms with Crippen LogP contribution in [0.1, 0.15) is 328 Å². The maximum Gasteiger partial charge on any atom is 0.220 e. The molecule has 0 bridgehead atoms. The van der Waals surface area contributed by atoms with E-state index in [4.69, 9.17) is 0 Å². The molecule has 0 radical (unpaired) electrons. The van der Waals surface area contributed by atoms with Crippen LogP contribution >= 0.6 is 0 Å². The number of aliphatic hydroxyl groups excluding tert-OH is 2. The highest BCUT2D eigenvalue weighted by Gasteiger charge is 2.18. The second-order valence-corrected chi connectivity index (χ2v) is 20.8. The summed E-state index contributed by atoms with van der Waals surface area (Å²) in [6.45, 7) is 4.32. The van der Waals surface area contributed by atoms with Crippen molar-refractivity contribution in [3.8, 4) is 0 Å². The number of aliphatic hydroxyl groups is 2. The molecule has 2 unspecified atom stereocenters. The van der Waals surface area contributed by atoms with Gasteiger partial charge in [-0.2, -0.15) is 0 Å². The molecule has 4 nitrogen and oxygen atoms in total. The molecule has 0 fully saturated rings. The van der Waals surface area contributed by atoms with Crippen molar-refractivity contribution in [2.24, 2.45) is 0 Å². The molecule has 3 N–H and O–H groups in total. The maximum atomic E-state index is 12.5. The van der Waals surface area contributed by atoms with Gasteiger partial charge >= 0.3 is 0 Å². The molecule has 0 aromatic carbocycles. The lowest BCUT2D eigenvalue weighted by atomic mass is 10.0. The fourth-order valence-corrected chi connectivity index (χ4v) is 9.42. The van der Waals surface area contributed by atoms with Crippen LogP contribution in [0.4, 0.5) is 0 Å². The van der Waals surface area contributed by atoms with Gasteiger partial charge in [0.05, 0.1) is 18.8 Å². The SMILES string of the molecule is CCCCCCC/C=C\C/C=C\C/C=C\CCCCCCCCCCC(=O)NC(CO)C(O)/C=C/CCCCCCCCCCCCCCCCCCCCCCCCCCCCCCCC. The summed E-state index contributed by atoms with van der Waals surface area (Å²) in [5.41, 5.74) is 0. The van der Waals surface area contributed by atoms with E-state index in [1.807, 2.05) is 6.08 Å². The van der Waals surface area contributed by atoms with Gasteiger partial charge in [0, 0.05) is 6.42 Å². The van der Waals surface area contributed by atoms with Crippen molar-refractivity contribution in [2.45, 2.75) is 341 Å². The van der Waals surface area contributed by atoms with Crippen LogP contribution in [0.5, 0.6) is 0 Å². The van der Waals surface area contributed by atoms with Gasteiger partial charge in [-0.05, 0) is 57.8 Å². The second kappa shape index (κ2) is 58.7. The first-order valence-electron chi connectivity index (χ1n) is 30.4. The van der Waals surface area contributed by atoms with Gasteiger partial charge in [-0.15, -0.1) is 0 Å². The van der Waals surface area contributed by atoms with Crippen LogP contribution in [0.2, 0.25) is 0 Å². The summed E-state index contributed by atoms with van der Waals surface area (Å²) in [5.74, 6) is -0.0681. The van der Waals surface area contributed by atoms with Crippen LogP contribution in [0.3, 0.4) is 0 Å². The van der Waals surface area contributed by atoms with Gasteiger partial charge in [0.2, 0.25) is 5.91 Å². The number of allylic oxidation sites excluding steroid dienone is 7. The maximum absolute atomic E-state index is 12.5. The van der Waals surface area contributed by atoms with E-state index in [-0.39, 0.29) is 12.5 Å². The van der Waals surface area contributed by atoms with Gasteiger partial charge in [-0.25, -0.2) is 0 Å². The molecule has 0 rings (SSSR count). The molecule has 0 spiro atoms. The zero-order valence-electron chi connectivity index (χ0n) is 45.4. The first-order valence-corrected chi connectivity index (χ1v) is 30.4. The Morgan fingerprint density at radius 2 is 0.612 bits per heavy atom. The minimum atomic E-state index is -0.846. The summed E-state index contributed by atoms with van der Waals surface area (Å²) in [7, 11) is 0. The van der Waals surface area contributed by atoms with Crippen molar-refractivity contribution in [3.05, 3.63) is 48.6 Å². The lowest BCUT2D eigenvalue weighted by Crippen LogP contribution is -2.45. The topological polar surface area (TPSA) is 69.6 Å². The molecule has 394 valence electrons. The van der Waals surface area contributed by atoms with Gasteiger partial charge in [-0.1, -0.05) is 313 Å². The molecule has 67 heavy (non-hydrogen) atoms. The Bertz CT molecular complexity index is 1060. The Morgan fingerprint density at radius 1 is 0.358 bits per heavy atom. The Labute approximate surface area is 420 Å². The average molecular weight is 939 g/mol. The average Bonchev–Trinajstić information content (AvgIpc) is 3.33. The Balaban J connectivity index is 3.48. The van der Waals surface area contributed by atoms with Crippen molar-refractivity contribution in [1.82, 2.24) is 5.32 Å². The smallest absolute Gasteiger partial charge is 0.220 e. The number of hydrogen-bond acceptors (Lipinski definition) is 3. The van der Waals surface area contributed by atoms with E-state index in [9.17, 15) is 15.0 Å². The van der Waals surface area contributed by atoms with Gasteiger partial charge in [0.1, 0.15) is 0 Å². The largest absolute Gasteiger partial charge is 0.394 e. The molecule has 2 atom stereocenters. The summed E-state index contributed by atoms with van der Waals surface area (Å²) < 4.78 is 0. The molecular formula is C63H119NO3. The number of unbranched alkanes of at least 4 members (excludes halogenated alkanes) is 43. The van der Waals surface area contributed by atoms with Crippen molar-refractivity contribution in [2.75, 3.05) is 6.61 Å². The number of hydrogen-bond donors (Lipinski definition) is 3. The quantitative estimate of drug-likeness (QED) is 0.0420. The van der Waals surface area contributed by atoms with Gasteiger partial charge in [0.15, 0.2) is 0 Å². The summed E-state index contributed by atoms with van der Waals surface area (Å²) in [6, 6.07) is -0.629. The van der Waals surface area contributed by atoms with E-state index in [1.54, 1.807) is 6.08 Å². The van der Waals surface area contributed by atoms with Gasteiger partial charge < -0.3 is 15.5 Å². The summed E-state index contributed by atoms with van der Waals surface area (Å²) >= 11 is 0. The van der Waals surface area contributed by atoms with Crippen LogP contribution in [0, 0.1) is 0 Å². The summed E-state index contributed by atoms with van der Waals surface area (Å²) in [6.07, 6.45) is 81.5. The van der Waals surface area contributed by atoms with Crippen LogP contribution in [0.25, 0.3) is 0 Å². The third-order valence-electron chi connectivity index (χ3n) is 14.1. The number of nitrogens with one attached hydrogen (secondary N) is 1. The zero-order chi connectivity index (χ0) is 48.5. The van der Waals surface area contributed by atoms with Gasteiger partial charge in [-0.3, -0.25) is 4.79 Å². The second-order valence-electron chi connectivity index (χ2n) is 20.8. The van der Waals surface area contributed by atoms with Gasteiger partial charge in [0.25, 0.3) is 0 Å². The lowest BCUT2D eigenvalue weighted by Gasteiger charge is -2.20. The Hall–Kier alpha value is -1.65. The number of carbonyl (C=O) groups is 1. The molecule has 0 aromatic heterocycles. The summed E-state index contributed by atoms with van der Waals surface area (Å²) in [5, 5.41) is 23.2. The molecule has 0 aromatic rings. The standard InChI is InChI=1S/C63H119NO3/c1-3-5-7-9-11-13-15-17-19-21-23-25-27-28-29-30-31-32-33-34-35-37-38-40-42-44-46-48-50-52-54-56-58-62(66)61(60-65)64-63(67)59-57-55-53-51-49-47-45-43-41-39-36-26-24-22-20-18-16-14-12-10-8-6-4-2/h16,18,22,24,36,39,56,58,61-62,65-66H,3-15,17,19-21,23,25-35,37-38,40-55,57,59-60H2,1-2H3,(H,64,67)/b18-16-,24-22-,39-36-,58-56+. The van der Waals surface area contributed by atoms with Crippen LogP contribution < -0.4 is 5.32 Å². The third-order valence-corrected chi connectivity index (χ3v) is 14.1. The third kappa shape index (κ3) is 55.2. The molecule has 0 heterocycles. The number of carbonyl (C=O) groups excluding carboxylic acids is 1. The Kier molecular flexibility index (Phi) is 57.2. The van der Waals surface area contributed by atoms with E-state index in [2.05, 4.69) is 55.6 Å². The summed E-state index contributed by atoms with van der Waals surface area (Å²) in [4.78, 5) is 12.5. The van der Waals surface area contributed by atoms with E-state index < -0.39 is 12.1 Å². The van der Waals surface area contributed by atoms with Crippen LogP contribution in [-0.2, 0) is 4.79 Å². The molecule has 1 amide bonds. The predicted molar refractivity (Wildman–Crippen MR) is 299 cm³/mol. The molecule has 0 aliphatic heterocycles. The lowest BCUT2D eigenvalue weighted by molar-refractivity contribution is -0.123. The fourth-order valence-electron chi connectivity index (χ4n) is 9.42. The highest BCUT2D eigenvalue weighted by molar-refractivity contribution is 5.76. The number of rotatable bonds is 56. The van der Waals surface area contributed by atoms with E-state index in [1.165, 1.54) is 270 Å². The molecule has 4 heteroatoms. The predicted octanol–water partition coefficient (Wildman–Crippen LogP) is 20.2. The van der Waals surface area contributed by atoms with Crippen molar-refractivity contribution in [1.29, 1.82) is 0 Å². The van der Waals surface area contributed by atoms with E-state index in [0.717, 1.165) is 38.5 Å². The van der Waals surface area contributed by atoms with Crippen LogP contribution in [-0.4, -0.2) is 34.9 Å². The zero-order valence-corrected chi connectivity index (χ0v) is 45.4. The normalized spacial score (nSPS) is 13.1. The minimum absolute atomic E-state index is 0.0681. The highest BCUT2D eigenvalue weighted by atomic mass is 16.3. The molecule has 0 saturated heterocycles. The monoisotopic (exact) mass is 938 g/mol. The molecular weight excluding hydrogens is 819 g/mol. The van der Waals surface area contributed by atoms with Crippen molar-refractivity contribution in [3.63, 3.8) is 0 Å².